The number of anilines is 1. The molecule has 0 aromatic carbocycles. The molecule has 1 aromatic rings. The molecule has 0 spiro atoms. The molecule has 1 aromatic heterocycles. The fourth-order valence-corrected chi connectivity index (χ4v) is 3.64. The normalized spacial score (nSPS) is 32.2. The summed E-state index contributed by atoms with van der Waals surface area (Å²) in [7, 11) is 1.98. The molecule has 2 aliphatic carbocycles. The molecule has 3 rings (SSSR count). The summed E-state index contributed by atoms with van der Waals surface area (Å²) in [6.07, 6.45) is 8.01. The summed E-state index contributed by atoms with van der Waals surface area (Å²) in [5.41, 5.74) is 2.33. The number of aromatic nitrogens is 2. The van der Waals surface area contributed by atoms with Crippen LogP contribution in [0, 0.1) is 24.7 Å². The van der Waals surface area contributed by atoms with E-state index in [2.05, 4.69) is 23.5 Å². The molecular weight excluding hydrogens is 198 g/mol. The highest BCUT2D eigenvalue weighted by Crippen LogP contribution is 2.48. The van der Waals surface area contributed by atoms with Gasteiger partial charge in [0.1, 0.15) is 0 Å². The van der Waals surface area contributed by atoms with Crippen LogP contribution in [-0.4, -0.2) is 16.3 Å². The van der Waals surface area contributed by atoms with E-state index < -0.39 is 0 Å². The molecule has 3 heteroatoms. The second-order valence-electron chi connectivity index (χ2n) is 5.62. The van der Waals surface area contributed by atoms with Gasteiger partial charge in [-0.1, -0.05) is 6.42 Å². The third kappa shape index (κ3) is 1.72. The molecule has 2 bridgehead atoms. The molecule has 3 unspecified atom stereocenters. The van der Waals surface area contributed by atoms with E-state index in [-0.39, 0.29) is 0 Å². The van der Waals surface area contributed by atoms with Crippen LogP contribution in [0.2, 0.25) is 0 Å². The highest BCUT2D eigenvalue weighted by atomic mass is 15.3. The van der Waals surface area contributed by atoms with E-state index in [4.69, 9.17) is 0 Å². The summed E-state index contributed by atoms with van der Waals surface area (Å²) in [5.74, 6) is 2.97. The quantitative estimate of drug-likeness (QED) is 0.846. The molecule has 1 N–H and O–H groups in total. The van der Waals surface area contributed by atoms with Gasteiger partial charge >= 0.3 is 0 Å². The maximum Gasteiger partial charge on any atom is 0.0824 e. The van der Waals surface area contributed by atoms with Gasteiger partial charge in [0.15, 0.2) is 0 Å². The summed E-state index contributed by atoms with van der Waals surface area (Å²) < 4.78 is 1.89. The minimum atomic E-state index is 0.915. The summed E-state index contributed by atoms with van der Waals surface area (Å²) in [4.78, 5) is 0. The van der Waals surface area contributed by atoms with E-state index in [1.54, 1.807) is 0 Å². The van der Waals surface area contributed by atoms with Gasteiger partial charge < -0.3 is 5.32 Å². The third-order valence-electron chi connectivity index (χ3n) is 4.45. The predicted octanol–water partition coefficient (Wildman–Crippen LogP) is 2.58. The number of fused-ring (bicyclic) bond motifs is 2. The van der Waals surface area contributed by atoms with Crippen LogP contribution in [0.3, 0.4) is 0 Å². The molecule has 2 fully saturated rings. The first-order chi connectivity index (χ1) is 7.72. The molecule has 0 radical (unpaired) electrons. The van der Waals surface area contributed by atoms with Crippen molar-refractivity contribution in [2.45, 2.75) is 32.6 Å². The lowest BCUT2D eigenvalue weighted by molar-refractivity contribution is 0.348. The van der Waals surface area contributed by atoms with Gasteiger partial charge in [-0.05, 0) is 43.9 Å². The third-order valence-corrected chi connectivity index (χ3v) is 4.45. The Morgan fingerprint density at radius 1 is 1.44 bits per heavy atom. The van der Waals surface area contributed by atoms with Crippen molar-refractivity contribution in [3.63, 3.8) is 0 Å². The fraction of sp³-hybridized carbons (Fsp3) is 0.769. The summed E-state index contributed by atoms with van der Waals surface area (Å²) in [6, 6.07) is 0. The van der Waals surface area contributed by atoms with Crippen molar-refractivity contribution >= 4 is 5.69 Å². The van der Waals surface area contributed by atoms with Crippen molar-refractivity contribution in [2.75, 3.05) is 11.9 Å². The highest BCUT2D eigenvalue weighted by molar-refractivity contribution is 5.45. The number of nitrogens with one attached hydrogen (secondary N) is 1. The molecule has 0 amide bonds. The van der Waals surface area contributed by atoms with E-state index >= 15 is 0 Å². The standard InChI is InChI=1S/C13H21N3/c1-9-13(8-16(2)15-9)14-7-12-6-10-3-4-11(12)5-10/h8,10-12,14H,3-7H2,1-2H3. The highest BCUT2D eigenvalue weighted by Gasteiger charge is 2.39. The average molecular weight is 219 g/mol. The van der Waals surface area contributed by atoms with Gasteiger partial charge in [0.2, 0.25) is 0 Å². The first-order valence-corrected chi connectivity index (χ1v) is 6.46. The topological polar surface area (TPSA) is 29.9 Å². The number of nitrogens with zero attached hydrogens (tertiary/aromatic N) is 2. The van der Waals surface area contributed by atoms with E-state index in [1.807, 2.05) is 11.7 Å². The first kappa shape index (κ1) is 10.2. The maximum absolute atomic E-state index is 4.36. The summed E-state index contributed by atoms with van der Waals surface area (Å²) in [6.45, 7) is 3.22. The van der Waals surface area contributed by atoms with Gasteiger partial charge in [-0.2, -0.15) is 5.10 Å². The molecular formula is C13H21N3. The van der Waals surface area contributed by atoms with Crippen molar-refractivity contribution in [2.24, 2.45) is 24.8 Å². The van der Waals surface area contributed by atoms with Crippen molar-refractivity contribution in [3.8, 4) is 0 Å². The Balaban J connectivity index is 1.59. The molecule has 3 atom stereocenters. The number of hydrogen-bond acceptors (Lipinski definition) is 2. The fourth-order valence-electron chi connectivity index (χ4n) is 3.64. The second-order valence-corrected chi connectivity index (χ2v) is 5.62. The Hall–Kier alpha value is -0.990. The molecule has 1 heterocycles. The van der Waals surface area contributed by atoms with Gasteiger partial charge in [0.05, 0.1) is 11.4 Å². The zero-order valence-electron chi connectivity index (χ0n) is 10.2. The Labute approximate surface area is 97.2 Å². The van der Waals surface area contributed by atoms with E-state index in [1.165, 1.54) is 31.4 Å². The van der Waals surface area contributed by atoms with Gasteiger partial charge in [-0.3, -0.25) is 4.68 Å². The van der Waals surface area contributed by atoms with E-state index in [0.717, 1.165) is 30.0 Å². The lowest BCUT2D eigenvalue weighted by Crippen LogP contribution is -2.20. The summed E-state index contributed by atoms with van der Waals surface area (Å²) in [5, 5.41) is 7.94. The summed E-state index contributed by atoms with van der Waals surface area (Å²) >= 11 is 0. The lowest BCUT2D eigenvalue weighted by Gasteiger charge is -2.22. The maximum atomic E-state index is 4.36. The van der Waals surface area contributed by atoms with Crippen LogP contribution < -0.4 is 5.32 Å². The minimum absolute atomic E-state index is 0.915. The molecule has 0 aliphatic heterocycles. The molecule has 16 heavy (non-hydrogen) atoms. The Morgan fingerprint density at radius 3 is 2.88 bits per heavy atom. The smallest absolute Gasteiger partial charge is 0.0824 e. The lowest BCUT2D eigenvalue weighted by atomic mass is 9.89. The van der Waals surface area contributed by atoms with Gasteiger partial charge in [0, 0.05) is 19.8 Å². The molecule has 2 aliphatic rings. The van der Waals surface area contributed by atoms with Crippen LogP contribution in [0.15, 0.2) is 6.20 Å². The van der Waals surface area contributed by atoms with Crippen LogP contribution in [-0.2, 0) is 7.05 Å². The van der Waals surface area contributed by atoms with Crippen molar-refractivity contribution in [1.29, 1.82) is 0 Å². The van der Waals surface area contributed by atoms with Gasteiger partial charge in [-0.15, -0.1) is 0 Å². The van der Waals surface area contributed by atoms with E-state index in [0.29, 0.717) is 0 Å². The number of hydrogen-bond donors (Lipinski definition) is 1. The zero-order chi connectivity index (χ0) is 11.1. The van der Waals surface area contributed by atoms with Crippen molar-refractivity contribution in [1.82, 2.24) is 9.78 Å². The van der Waals surface area contributed by atoms with Crippen LogP contribution in [0.4, 0.5) is 5.69 Å². The Bertz CT molecular complexity index is 383. The molecule has 2 saturated carbocycles. The Kier molecular flexibility index (Phi) is 2.41. The number of aryl methyl sites for hydroxylation is 2. The minimum Gasteiger partial charge on any atom is -0.382 e. The largest absolute Gasteiger partial charge is 0.382 e. The van der Waals surface area contributed by atoms with Gasteiger partial charge in [0.25, 0.3) is 0 Å². The first-order valence-electron chi connectivity index (χ1n) is 6.46. The van der Waals surface area contributed by atoms with Crippen LogP contribution >= 0.6 is 0 Å². The molecule has 88 valence electrons. The van der Waals surface area contributed by atoms with Gasteiger partial charge in [-0.25, -0.2) is 0 Å². The van der Waals surface area contributed by atoms with E-state index in [9.17, 15) is 0 Å². The van der Waals surface area contributed by atoms with Crippen molar-refractivity contribution in [3.05, 3.63) is 11.9 Å². The van der Waals surface area contributed by atoms with Crippen molar-refractivity contribution < 1.29 is 0 Å². The number of rotatable bonds is 3. The monoisotopic (exact) mass is 219 g/mol. The van der Waals surface area contributed by atoms with Crippen LogP contribution in [0.1, 0.15) is 31.4 Å². The van der Waals surface area contributed by atoms with Crippen LogP contribution in [0.5, 0.6) is 0 Å². The predicted molar refractivity (Wildman–Crippen MR) is 65.4 cm³/mol. The average Bonchev–Trinajstić information content (AvgIpc) is 2.91. The molecule has 0 saturated heterocycles. The second kappa shape index (κ2) is 3.79. The molecule has 3 nitrogen and oxygen atoms in total. The Morgan fingerprint density at radius 2 is 2.31 bits per heavy atom. The SMILES string of the molecule is Cc1nn(C)cc1NCC1CC2CCC1C2. The zero-order valence-corrected chi connectivity index (χ0v) is 10.2. The van der Waals surface area contributed by atoms with Crippen LogP contribution in [0.25, 0.3) is 0 Å².